The highest BCUT2D eigenvalue weighted by atomic mass is 31.2. The van der Waals surface area contributed by atoms with Gasteiger partial charge in [-0.15, -0.1) is 0 Å². The Kier molecular flexibility index (Phi) is 7.22. The lowest BCUT2D eigenvalue weighted by molar-refractivity contribution is 0.891. The maximum Gasteiger partial charge on any atom is 0.111 e. The summed E-state index contributed by atoms with van der Waals surface area (Å²) in [4.78, 5) is 0. The van der Waals surface area contributed by atoms with E-state index in [1.807, 2.05) is 6.08 Å². The molecule has 0 N–H and O–H groups in total. The molecule has 0 amide bonds. The van der Waals surface area contributed by atoms with Gasteiger partial charge in [0.2, 0.25) is 0 Å². The van der Waals surface area contributed by atoms with Gasteiger partial charge in [-0.3, -0.25) is 0 Å². The second-order valence-electron chi connectivity index (χ2n) is 5.87. The van der Waals surface area contributed by atoms with Crippen LogP contribution in [0.2, 0.25) is 0 Å². The van der Waals surface area contributed by atoms with Crippen LogP contribution in [-0.2, 0) is 0 Å². The van der Waals surface area contributed by atoms with Crippen molar-refractivity contribution in [1.29, 1.82) is 0 Å². The van der Waals surface area contributed by atoms with Crippen molar-refractivity contribution in [3.8, 4) is 0 Å². The summed E-state index contributed by atoms with van der Waals surface area (Å²) in [6, 6.07) is 22.1. The molecule has 2 aromatic rings. The van der Waals surface area contributed by atoms with E-state index in [1.54, 1.807) is 0 Å². The SMILES string of the molecule is C=C/C=C\C(=C/C)[P+](CCCC)(c1ccccc1)c1ccccc1. The third kappa shape index (κ3) is 3.94. The quantitative estimate of drug-likeness (QED) is 0.404. The van der Waals surface area contributed by atoms with Crippen molar-refractivity contribution >= 4 is 17.9 Å². The zero-order valence-corrected chi connectivity index (χ0v) is 15.8. The number of unbranched alkanes of at least 4 members (excludes halogenated alkanes) is 1. The Morgan fingerprint density at radius 2 is 1.50 bits per heavy atom. The lowest BCUT2D eigenvalue weighted by Crippen LogP contribution is -2.26. The van der Waals surface area contributed by atoms with E-state index < -0.39 is 7.26 Å². The fourth-order valence-electron chi connectivity index (χ4n) is 3.21. The molecule has 124 valence electrons. The molecular weight excluding hydrogens is 307 g/mol. The van der Waals surface area contributed by atoms with Gasteiger partial charge >= 0.3 is 0 Å². The molecule has 2 rings (SSSR count). The number of rotatable bonds is 8. The first-order valence-electron chi connectivity index (χ1n) is 8.75. The molecule has 0 nitrogen and oxygen atoms in total. The molecule has 0 saturated heterocycles. The fourth-order valence-corrected chi connectivity index (χ4v) is 7.81. The van der Waals surface area contributed by atoms with E-state index in [4.69, 9.17) is 0 Å². The summed E-state index contributed by atoms with van der Waals surface area (Å²) >= 11 is 0. The van der Waals surface area contributed by atoms with Crippen molar-refractivity contribution < 1.29 is 0 Å². The molecule has 24 heavy (non-hydrogen) atoms. The number of hydrogen-bond acceptors (Lipinski definition) is 0. The summed E-state index contributed by atoms with van der Waals surface area (Å²) in [7, 11) is -1.63. The highest BCUT2D eigenvalue weighted by molar-refractivity contribution is 7.93. The Labute approximate surface area is 148 Å². The average Bonchev–Trinajstić information content (AvgIpc) is 2.66. The van der Waals surface area contributed by atoms with Gasteiger partial charge in [0.25, 0.3) is 0 Å². The van der Waals surface area contributed by atoms with Gasteiger partial charge in [-0.05, 0) is 49.8 Å². The molecule has 0 unspecified atom stereocenters. The monoisotopic (exact) mass is 335 g/mol. The zero-order valence-electron chi connectivity index (χ0n) is 14.9. The molecule has 0 heterocycles. The Bertz CT molecular complexity index is 641. The fraction of sp³-hybridized carbons (Fsp3) is 0.217. The first-order chi connectivity index (χ1) is 11.8. The predicted octanol–water partition coefficient (Wildman–Crippen LogP) is 6.10. The molecule has 1 heteroatoms. The van der Waals surface area contributed by atoms with Gasteiger partial charge in [0.1, 0.15) is 23.2 Å². The highest BCUT2D eigenvalue weighted by Crippen LogP contribution is 2.64. The van der Waals surface area contributed by atoms with Crippen LogP contribution >= 0.6 is 7.26 Å². The minimum atomic E-state index is -1.63. The van der Waals surface area contributed by atoms with Crippen molar-refractivity contribution in [3.63, 3.8) is 0 Å². The molecular formula is C23H28P+. The summed E-state index contributed by atoms with van der Waals surface area (Å²) in [5, 5.41) is 4.37. The van der Waals surface area contributed by atoms with Crippen LogP contribution in [-0.4, -0.2) is 6.16 Å². The Morgan fingerprint density at radius 1 is 0.958 bits per heavy atom. The van der Waals surface area contributed by atoms with Gasteiger partial charge in [0.15, 0.2) is 0 Å². The second kappa shape index (κ2) is 9.40. The summed E-state index contributed by atoms with van der Waals surface area (Å²) in [5.41, 5.74) is 0. The molecule has 0 atom stereocenters. The van der Waals surface area contributed by atoms with Crippen molar-refractivity contribution in [1.82, 2.24) is 0 Å². The van der Waals surface area contributed by atoms with Crippen LogP contribution in [0.15, 0.2) is 96.9 Å². The normalized spacial score (nSPS) is 12.5. The minimum absolute atomic E-state index is 1.21. The van der Waals surface area contributed by atoms with Crippen molar-refractivity contribution in [2.45, 2.75) is 26.7 Å². The summed E-state index contributed by atoms with van der Waals surface area (Å²) in [5.74, 6) is 0. The Hall–Kier alpha value is -1.91. The van der Waals surface area contributed by atoms with Gasteiger partial charge < -0.3 is 0 Å². The average molecular weight is 335 g/mol. The maximum absolute atomic E-state index is 3.85. The summed E-state index contributed by atoms with van der Waals surface area (Å²) in [6.07, 6.45) is 12.1. The second-order valence-corrected chi connectivity index (χ2v) is 9.48. The lowest BCUT2D eigenvalue weighted by atomic mass is 10.4. The molecule has 0 spiro atoms. The molecule has 0 radical (unpaired) electrons. The van der Waals surface area contributed by atoms with E-state index in [9.17, 15) is 0 Å². The first kappa shape index (κ1) is 18.4. The van der Waals surface area contributed by atoms with Crippen LogP contribution < -0.4 is 10.6 Å². The largest absolute Gasteiger partial charge is 0.111 e. The third-order valence-electron chi connectivity index (χ3n) is 4.38. The van der Waals surface area contributed by atoms with Crippen LogP contribution in [0.25, 0.3) is 0 Å². The van der Waals surface area contributed by atoms with E-state index in [-0.39, 0.29) is 0 Å². The van der Waals surface area contributed by atoms with Crippen LogP contribution in [0.4, 0.5) is 0 Å². The van der Waals surface area contributed by atoms with E-state index >= 15 is 0 Å². The standard InChI is InChI=1S/C23H28P/c1-4-7-15-21(6-3)24(20-8-5-2,22-16-11-9-12-17-22)23-18-13-10-14-19-23/h4,6-7,9-19H,1,5,8,20H2,2-3H3/q+1/b15-7-,21-6+. The number of hydrogen-bond donors (Lipinski definition) is 0. The van der Waals surface area contributed by atoms with Crippen LogP contribution in [0.1, 0.15) is 26.7 Å². The maximum atomic E-state index is 3.85. The van der Waals surface area contributed by atoms with Gasteiger partial charge in [-0.1, -0.05) is 68.5 Å². The summed E-state index contributed by atoms with van der Waals surface area (Å²) in [6.45, 7) is 8.29. The van der Waals surface area contributed by atoms with Gasteiger partial charge in [-0.2, -0.15) is 0 Å². The molecule has 0 aliphatic heterocycles. The van der Waals surface area contributed by atoms with Crippen molar-refractivity contribution in [2.75, 3.05) is 6.16 Å². The van der Waals surface area contributed by atoms with Gasteiger partial charge in [-0.25, -0.2) is 0 Å². The third-order valence-corrected chi connectivity index (χ3v) is 9.02. The lowest BCUT2D eigenvalue weighted by Gasteiger charge is -2.28. The molecule has 0 bridgehead atoms. The van der Waals surface area contributed by atoms with Crippen molar-refractivity contribution in [3.05, 3.63) is 96.9 Å². The van der Waals surface area contributed by atoms with Crippen LogP contribution in [0, 0.1) is 0 Å². The van der Waals surface area contributed by atoms with Gasteiger partial charge in [0, 0.05) is 0 Å². The minimum Gasteiger partial charge on any atom is -0.0991 e. The smallest absolute Gasteiger partial charge is 0.0991 e. The predicted molar refractivity (Wildman–Crippen MR) is 112 cm³/mol. The Balaban J connectivity index is 2.73. The molecule has 0 aliphatic rings. The van der Waals surface area contributed by atoms with E-state index in [0.717, 1.165) is 0 Å². The number of allylic oxidation sites excluding steroid dienone is 5. The van der Waals surface area contributed by atoms with Crippen LogP contribution in [0.3, 0.4) is 0 Å². The molecule has 0 aromatic heterocycles. The molecule has 0 fully saturated rings. The van der Waals surface area contributed by atoms with Gasteiger partial charge in [0.05, 0.1) is 6.16 Å². The molecule has 0 aliphatic carbocycles. The molecule has 2 aromatic carbocycles. The molecule has 0 saturated carbocycles. The van der Waals surface area contributed by atoms with Crippen LogP contribution in [0.5, 0.6) is 0 Å². The van der Waals surface area contributed by atoms with E-state index in [0.29, 0.717) is 0 Å². The van der Waals surface area contributed by atoms with E-state index in [1.165, 1.54) is 34.9 Å². The zero-order chi connectivity index (χ0) is 17.3. The number of benzene rings is 2. The highest BCUT2D eigenvalue weighted by Gasteiger charge is 2.44. The Morgan fingerprint density at radius 3 is 1.92 bits per heavy atom. The first-order valence-corrected chi connectivity index (χ1v) is 10.7. The summed E-state index contributed by atoms with van der Waals surface area (Å²) < 4.78 is 0. The van der Waals surface area contributed by atoms with Crippen molar-refractivity contribution in [2.24, 2.45) is 0 Å². The topological polar surface area (TPSA) is 0 Å². The van der Waals surface area contributed by atoms with E-state index in [2.05, 4.69) is 99.3 Å².